The average Bonchev–Trinajstić information content (AvgIpc) is 2.45. The zero-order valence-electron chi connectivity index (χ0n) is 14.3. The number of fused-ring (bicyclic) bond motifs is 1. The molecule has 0 radical (unpaired) electrons. The normalized spacial score (nSPS) is 39.2. The first kappa shape index (κ1) is 17.1. The van der Waals surface area contributed by atoms with Crippen LogP contribution in [-0.4, -0.2) is 11.1 Å². The molecule has 1 N–H and O–H groups in total. The molecule has 2 fully saturated rings. The predicted molar refractivity (Wildman–Crippen MR) is 91.6 cm³/mol. The number of hydrogen-bond donors (Lipinski definition) is 1. The van der Waals surface area contributed by atoms with Gasteiger partial charge in [-0.25, -0.2) is 0 Å². The minimum Gasteiger partial charge on any atom is -0.481 e. The first-order valence-corrected chi connectivity index (χ1v) is 8.46. The van der Waals surface area contributed by atoms with Crippen molar-refractivity contribution < 1.29 is 9.90 Å². The minimum atomic E-state index is -0.618. The van der Waals surface area contributed by atoms with E-state index in [9.17, 15) is 9.90 Å². The van der Waals surface area contributed by atoms with Gasteiger partial charge < -0.3 is 5.11 Å². The summed E-state index contributed by atoms with van der Waals surface area (Å²) in [4.78, 5) is 11.9. The lowest BCUT2D eigenvalue weighted by atomic mass is 9.46. The van der Waals surface area contributed by atoms with Crippen molar-refractivity contribution in [2.75, 3.05) is 0 Å². The van der Waals surface area contributed by atoms with Crippen LogP contribution in [0.25, 0.3) is 0 Å². The summed E-state index contributed by atoms with van der Waals surface area (Å²) < 4.78 is 0. The second-order valence-corrected chi connectivity index (χ2v) is 7.77. The molecule has 2 heteroatoms. The van der Waals surface area contributed by atoms with Crippen molar-refractivity contribution in [2.24, 2.45) is 22.7 Å². The molecular formula is C20H30O2. The van der Waals surface area contributed by atoms with Crippen LogP contribution in [0, 0.1) is 22.7 Å². The highest BCUT2D eigenvalue weighted by molar-refractivity contribution is 5.75. The minimum absolute atomic E-state index is 0.0542. The Morgan fingerprint density at radius 3 is 2.68 bits per heavy atom. The molecule has 2 aliphatic carbocycles. The quantitative estimate of drug-likeness (QED) is 0.559. The van der Waals surface area contributed by atoms with E-state index in [1.165, 1.54) is 11.1 Å². The summed E-state index contributed by atoms with van der Waals surface area (Å²) in [5.41, 5.74) is 1.97. The van der Waals surface area contributed by atoms with Crippen LogP contribution in [0.2, 0.25) is 0 Å². The van der Waals surface area contributed by atoms with Crippen LogP contribution in [0.3, 0.4) is 0 Å². The van der Waals surface area contributed by atoms with Gasteiger partial charge in [0.1, 0.15) is 0 Å². The number of hydrogen-bond acceptors (Lipinski definition) is 1. The van der Waals surface area contributed by atoms with Gasteiger partial charge in [0.25, 0.3) is 0 Å². The predicted octanol–water partition coefficient (Wildman–Crippen LogP) is 5.37. The molecule has 0 saturated heterocycles. The van der Waals surface area contributed by atoms with Crippen LogP contribution in [-0.2, 0) is 4.79 Å². The van der Waals surface area contributed by atoms with E-state index in [1.54, 1.807) is 0 Å². The lowest BCUT2D eigenvalue weighted by Gasteiger charge is -2.57. The van der Waals surface area contributed by atoms with E-state index < -0.39 is 11.4 Å². The number of carbonyl (C=O) groups is 1. The van der Waals surface area contributed by atoms with E-state index in [4.69, 9.17) is 0 Å². The monoisotopic (exact) mass is 302 g/mol. The molecule has 2 saturated carbocycles. The lowest BCUT2D eigenvalue weighted by molar-refractivity contribution is -0.164. The van der Waals surface area contributed by atoms with Gasteiger partial charge in [0, 0.05) is 0 Å². The maximum absolute atomic E-state index is 11.9. The summed E-state index contributed by atoms with van der Waals surface area (Å²) in [5, 5.41) is 9.81. The molecule has 0 aliphatic heterocycles. The molecule has 0 unspecified atom stereocenters. The standard InChI is InChI=1S/C20H30O2/c1-6-14(2)8-10-16-15(3)9-11-17-19(16,4)12-7-13-20(17,5)18(21)22/h6,8,16-17H,1,3,7,9-13H2,2,4-5H3,(H,21,22)/b14-8-/t16-,17-,19+,20-/m0/s1. The molecule has 2 rings (SSSR count). The number of allylic oxidation sites excluding steroid dienone is 4. The molecule has 0 spiro atoms. The van der Waals surface area contributed by atoms with Crippen molar-refractivity contribution in [1.29, 1.82) is 0 Å². The fourth-order valence-corrected chi connectivity index (χ4v) is 5.03. The molecule has 0 bridgehead atoms. The topological polar surface area (TPSA) is 37.3 Å². The third-order valence-electron chi connectivity index (χ3n) is 6.51. The molecule has 2 aliphatic rings. The molecular weight excluding hydrogens is 272 g/mol. The summed E-state index contributed by atoms with van der Waals surface area (Å²) in [7, 11) is 0. The summed E-state index contributed by atoms with van der Waals surface area (Å²) >= 11 is 0. The number of rotatable bonds is 4. The van der Waals surface area contributed by atoms with Gasteiger partial charge in [-0.1, -0.05) is 49.8 Å². The summed E-state index contributed by atoms with van der Waals surface area (Å²) in [6.07, 6.45) is 9.95. The van der Waals surface area contributed by atoms with Crippen molar-refractivity contribution in [3.63, 3.8) is 0 Å². The van der Waals surface area contributed by atoms with Crippen LogP contribution < -0.4 is 0 Å². The van der Waals surface area contributed by atoms with Gasteiger partial charge in [0.2, 0.25) is 0 Å². The van der Waals surface area contributed by atoms with E-state index in [2.05, 4.69) is 33.1 Å². The Morgan fingerprint density at radius 2 is 2.09 bits per heavy atom. The third kappa shape index (κ3) is 2.68. The highest BCUT2D eigenvalue weighted by atomic mass is 16.4. The van der Waals surface area contributed by atoms with Crippen LogP contribution in [0.5, 0.6) is 0 Å². The number of carboxylic acid groups (broad SMARTS) is 1. The molecule has 0 aromatic heterocycles. The first-order chi connectivity index (χ1) is 10.3. The molecule has 22 heavy (non-hydrogen) atoms. The van der Waals surface area contributed by atoms with Crippen LogP contribution in [0.1, 0.15) is 59.3 Å². The van der Waals surface area contributed by atoms with Crippen molar-refractivity contribution in [3.8, 4) is 0 Å². The maximum Gasteiger partial charge on any atom is 0.309 e. The lowest BCUT2D eigenvalue weighted by Crippen LogP contribution is -2.53. The van der Waals surface area contributed by atoms with Gasteiger partial charge in [-0.2, -0.15) is 0 Å². The van der Waals surface area contributed by atoms with Crippen LogP contribution in [0.15, 0.2) is 36.5 Å². The Balaban J connectivity index is 2.36. The molecule has 0 aromatic rings. The summed E-state index contributed by atoms with van der Waals surface area (Å²) in [6.45, 7) is 14.5. The smallest absolute Gasteiger partial charge is 0.309 e. The Labute approximate surface area is 135 Å². The zero-order valence-corrected chi connectivity index (χ0v) is 14.3. The van der Waals surface area contributed by atoms with E-state index in [0.29, 0.717) is 5.92 Å². The van der Waals surface area contributed by atoms with E-state index in [0.717, 1.165) is 38.5 Å². The first-order valence-electron chi connectivity index (χ1n) is 8.46. The van der Waals surface area contributed by atoms with Gasteiger partial charge in [0.05, 0.1) is 5.41 Å². The Morgan fingerprint density at radius 1 is 1.41 bits per heavy atom. The molecule has 0 amide bonds. The maximum atomic E-state index is 11.9. The van der Waals surface area contributed by atoms with Crippen molar-refractivity contribution in [1.82, 2.24) is 0 Å². The molecule has 4 atom stereocenters. The van der Waals surface area contributed by atoms with Crippen molar-refractivity contribution >= 4 is 5.97 Å². The van der Waals surface area contributed by atoms with E-state index in [-0.39, 0.29) is 11.3 Å². The SMILES string of the molecule is C=C/C(C)=C\C[C@H]1C(=C)CC[C@H]2[C@]1(C)CCC[C@]2(C)C(=O)O. The Kier molecular flexibility index (Phi) is 4.70. The average molecular weight is 302 g/mol. The highest BCUT2D eigenvalue weighted by Crippen LogP contribution is 2.61. The molecule has 2 nitrogen and oxygen atoms in total. The van der Waals surface area contributed by atoms with Gasteiger partial charge in [-0.05, 0) is 63.2 Å². The third-order valence-corrected chi connectivity index (χ3v) is 6.51. The molecule has 0 heterocycles. The molecule has 0 aromatic carbocycles. The largest absolute Gasteiger partial charge is 0.481 e. The van der Waals surface area contributed by atoms with Crippen LogP contribution in [0.4, 0.5) is 0 Å². The van der Waals surface area contributed by atoms with Crippen LogP contribution >= 0.6 is 0 Å². The number of carboxylic acids is 1. The van der Waals surface area contributed by atoms with Gasteiger partial charge in [-0.3, -0.25) is 4.79 Å². The van der Waals surface area contributed by atoms with Gasteiger partial charge in [0.15, 0.2) is 0 Å². The zero-order chi connectivity index (χ0) is 16.5. The Bertz CT molecular complexity index is 516. The summed E-state index contributed by atoms with van der Waals surface area (Å²) in [6, 6.07) is 0. The van der Waals surface area contributed by atoms with Crippen molar-refractivity contribution in [3.05, 3.63) is 36.5 Å². The van der Waals surface area contributed by atoms with Gasteiger partial charge >= 0.3 is 5.97 Å². The van der Waals surface area contributed by atoms with Gasteiger partial charge in [-0.15, -0.1) is 0 Å². The van der Waals surface area contributed by atoms with Crippen molar-refractivity contribution in [2.45, 2.75) is 59.3 Å². The Hall–Kier alpha value is -1.31. The summed E-state index contributed by atoms with van der Waals surface area (Å²) in [5.74, 6) is 0.0202. The number of aliphatic carboxylic acids is 1. The highest BCUT2D eigenvalue weighted by Gasteiger charge is 2.57. The second kappa shape index (κ2) is 6.06. The van der Waals surface area contributed by atoms with E-state index >= 15 is 0 Å². The molecule has 122 valence electrons. The second-order valence-electron chi connectivity index (χ2n) is 7.77. The fourth-order valence-electron chi connectivity index (χ4n) is 5.03. The van der Waals surface area contributed by atoms with E-state index in [1.807, 2.05) is 13.0 Å². The fraction of sp³-hybridized carbons (Fsp3) is 0.650.